The Morgan fingerprint density at radius 3 is 2.68 bits per heavy atom. The molecule has 1 heterocycles. The van der Waals surface area contributed by atoms with Gasteiger partial charge in [-0.25, -0.2) is 0 Å². The monoisotopic (exact) mass is 383 g/mol. The standard InChI is InChI=1S/C23H29NO4/c1-17-6-4-8-20(12-17)28-16-19-7-5-11-24(15-19)23(25)14-18-9-10-21(26-2)22(13-18)27-3/h4,6,8-10,12-13,19H,5,7,11,14-16H2,1-3H3. The summed E-state index contributed by atoms with van der Waals surface area (Å²) in [5.74, 6) is 2.73. The van der Waals surface area contributed by atoms with Crippen LogP contribution in [0.1, 0.15) is 24.0 Å². The first-order chi connectivity index (χ1) is 13.6. The Morgan fingerprint density at radius 2 is 1.93 bits per heavy atom. The summed E-state index contributed by atoms with van der Waals surface area (Å²) in [4.78, 5) is 14.8. The number of methoxy groups -OCH3 is 2. The van der Waals surface area contributed by atoms with E-state index < -0.39 is 0 Å². The first-order valence-corrected chi connectivity index (χ1v) is 9.77. The Balaban J connectivity index is 1.55. The van der Waals surface area contributed by atoms with Crippen molar-refractivity contribution in [3.05, 3.63) is 53.6 Å². The molecular formula is C23H29NO4. The average Bonchev–Trinajstić information content (AvgIpc) is 2.72. The highest BCUT2D eigenvalue weighted by Gasteiger charge is 2.24. The van der Waals surface area contributed by atoms with Gasteiger partial charge in [0.05, 0.1) is 27.2 Å². The summed E-state index contributed by atoms with van der Waals surface area (Å²) in [6.45, 7) is 4.26. The molecule has 1 aliphatic heterocycles. The number of nitrogens with zero attached hydrogens (tertiary/aromatic N) is 1. The SMILES string of the molecule is COc1ccc(CC(=O)N2CCCC(COc3cccc(C)c3)C2)cc1OC. The number of ether oxygens (including phenoxy) is 3. The third-order valence-electron chi connectivity index (χ3n) is 5.15. The van der Waals surface area contributed by atoms with Crippen molar-refractivity contribution < 1.29 is 19.0 Å². The van der Waals surface area contributed by atoms with Crippen LogP contribution >= 0.6 is 0 Å². The van der Waals surface area contributed by atoms with Crippen LogP contribution in [0.4, 0.5) is 0 Å². The van der Waals surface area contributed by atoms with Crippen LogP contribution in [0, 0.1) is 12.8 Å². The molecule has 1 saturated heterocycles. The number of hydrogen-bond donors (Lipinski definition) is 0. The molecule has 0 bridgehead atoms. The van der Waals surface area contributed by atoms with Crippen LogP contribution in [0.3, 0.4) is 0 Å². The Labute approximate surface area is 167 Å². The second kappa shape index (κ2) is 9.49. The number of amides is 1. The molecular weight excluding hydrogens is 354 g/mol. The van der Waals surface area contributed by atoms with Crippen LogP contribution in [0.5, 0.6) is 17.2 Å². The number of rotatable bonds is 7. The molecule has 0 N–H and O–H groups in total. The Bertz CT molecular complexity index is 805. The summed E-state index contributed by atoms with van der Waals surface area (Å²) in [7, 11) is 3.21. The number of aryl methyl sites for hydroxylation is 1. The molecule has 1 amide bonds. The maximum atomic E-state index is 12.8. The van der Waals surface area contributed by atoms with Gasteiger partial charge in [-0.15, -0.1) is 0 Å². The highest BCUT2D eigenvalue weighted by atomic mass is 16.5. The van der Waals surface area contributed by atoms with Crippen LogP contribution in [-0.2, 0) is 11.2 Å². The van der Waals surface area contributed by atoms with E-state index in [0.29, 0.717) is 30.4 Å². The fourth-order valence-corrected chi connectivity index (χ4v) is 3.62. The molecule has 0 radical (unpaired) electrons. The molecule has 0 spiro atoms. The van der Waals surface area contributed by atoms with E-state index in [0.717, 1.165) is 37.2 Å². The van der Waals surface area contributed by atoms with Gasteiger partial charge in [-0.3, -0.25) is 4.79 Å². The van der Waals surface area contributed by atoms with Crippen molar-refractivity contribution >= 4 is 5.91 Å². The fraction of sp³-hybridized carbons (Fsp3) is 0.435. The second-order valence-electron chi connectivity index (χ2n) is 7.34. The second-order valence-corrected chi connectivity index (χ2v) is 7.34. The minimum atomic E-state index is 0.146. The van der Waals surface area contributed by atoms with E-state index >= 15 is 0 Å². The predicted molar refractivity (Wildman–Crippen MR) is 109 cm³/mol. The lowest BCUT2D eigenvalue weighted by Gasteiger charge is -2.32. The van der Waals surface area contributed by atoms with Crippen molar-refractivity contribution in [3.8, 4) is 17.2 Å². The summed E-state index contributed by atoms with van der Waals surface area (Å²) in [5, 5.41) is 0. The predicted octanol–water partition coefficient (Wildman–Crippen LogP) is 3.87. The van der Waals surface area contributed by atoms with Crippen molar-refractivity contribution in [2.75, 3.05) is 33.9 Å². The zero-order chi connectivity index (χ0) is 19.9. The van der Waals surface area contributed by atoms with E-state index in [9.17, 15) is 4.79 Å². The quantitative estimate of drug-likeness (QED) is 0.728. The maximum Gasteiger partial charge on any atom is 0.227 e. The number of benzene rings is 2. The van der Waals surface area contributed by atoms with E-state index in [1.807, 2.05) is 41.3 Å². The first kappa shape index (κ1) is 20.1. The van der Waals surface area contributed by atoms with Crippen molar-refractivity contribution in [1.82, 2.24) is 4.90 Å². The Morgan fingerprint density at radius 1 is 1.11 bits per heavy atom. The first-order valence-electron chi connectivity index (χ1n) is 9.77. The number of likely N-dealkylation sites (tertiary alicyclic amines) is 1. The van der Waals surface area contributed by atoms with Crippen LogP contribution in [0.15, 0.2) is 42.5 Å². The highest BCUT2D eigenvalue weighted by molar-refractivity contribution is 5.79. The van der Waals surface area contributed by atoms with Crippen molar-refractivity contribution in [2.24, 2.45) is 5.92 Å². The van der Waals surface area contributed by atoms with E-state index in [1.54, 1.807) is 14.2 Å². The minimum Gasteiger partial charge on any atom is -0.493 e. The molecule has 2 aromatic carbocycles. The summed E-state index contributed by atoms with van der Waals surface area (Å²) in [6, 6.07) is 13.7. The van der Waals surface area contributed by atoms with Gasteiger partial charge in [0.15, 0.2) is 11.5 Å². The number of carbonyl (C=O) groups is 1. The number of piperidine rings is 1. The summed E-state index contributed by atoms with van der Waals surface area (Å²) in [6.07, 6.45) is 2.47. The molecule has 150 valence electrons. The van der Waals surface area contributed by atoms with Gasteiger partial charge in [0.2, 0.25) is 5.91 Å². The lowest BCUT2D eigenvalue weighted by Crippen LogP contribution is -2.42. The molecule has 1 aliphatic rings. The number of carbonyl (C=O) groups excluding carboxylic acids is 1. The smallest absolute Gasteiger partial charge is 0.227 e. The van der Waals surface area contributed by atoms with E-state index in [1.165, 1.54) is 5.56 Å². The summed E-state index contributed by atoms with van der Waals surface area (Å²) < 4.78 is 16.6. The van der Waals surface area contributed by atoms with E-state index in [-0.39, 0.29) is 5.91 Å². The van der Waals surface area contributed by atoms with Crippen LogP contribution in [-0.4, -0.2) is 44.7 Å². The molecule has 0 aliphatic carbocycles. The molecule has 3 rings (SSSR count). The van der Waals surface area contributed by atoms with Crippen LogP contribution in [0.25, 0.3) is 0 Å². The van der Waals surface area contributed by atoms with Gasteiger partial charge in [-0.2, -0.15) is 0 Å². The van der Waals surface area contributed by atoms with Gasteiger partial charge in [0.25, 0.3) is 0 Å². The molecule has 1 atom stereocenters. The topological polar surface area (TPSA) is 48.0 Å². The van der Waals surface area contributed by atoms with E-state index in [4.69, 9.17) is 14.2 Å². The van der Waals surface area contributed by atoms with Gasteiger partial charge >= 0.3 is 0 Å². The van der Waals surface area contributed by atoms with Crippen LogP contribution < -0.4 is 14.2 Å². The summed E-state index contributed by atoms with van der Waals surface area (Å²) in [5.41, 5.74) is 2.12. The van der Waals surface area contributed by atoms with Gasteiger partial charge in [0, 0.05) is 19.0 Å². The average molecular weight is 383 g/mol. The van der Waals surface area contributed by atoms with Gasteiger partial charge in [0.1, 0.15) is 5.75 Å². The zero-order valence-electron chi connectivity index (χ0n) is 16.9. The van der Waals surface area contributed by atoms with Crippen molar-refractivity contribution in [3.63, 3.8) is 0 Å². The molecule has 28 heavy (non-hydrogen) atoms. The lowest BCUT2D eigenvalue weighted by atomic mass is 9.98. The largest absolute Gasteiger partial charge is 0.493 e. The van der Waals surface area contributed by atoms with Gasteiger partial charge in [-0.05, 0) is 55.2 Å². The molecule has 5 heteroatoms. The Hall–Kier alpha value is -2.69. The Kier molecular flexibility index (Phi) is 6.80. The van der Waals surface area contributed by atoms with Crippen molar-refractivity contribution in [2.45, 2.75) is 26.2 Å². The van der Waals surface area contributed by atoms with Gasteiger partial charge in [-0.1, -0.05) is 18.2 Å². The molecule has 0 saturated carbocycles. The minimum absolute atomic E-state index is 0.146. The molecule has 1 fully saturated rings. The normalized spacial score (nSPS) is 16.5. The maximum absolute atomic E-state index is 12.8. The van der Waals surface area contributed by atoms with Crippen molar-refractivity contribution in [1.29, 1.82) is 0 Å². The fourth-order valence-electron chi connectivity index (χ4n) is 3.62. The molecule has 1 unspecified atom stereocenters. The molecule has 5 nitrogen and oxygen atoms in total. The highest BCUT2D eigenvalue weighted by Crippen LogP contribution is 2.28. The van der Waals surface area contributed by atoms with E-state index in [2.05, 4.69) is 13.0 Å². The third kappa shape index (κ3) is 5.18. The zero-order valence-corrected chi connectivity index (χ0v) is 16.9. The summed E-state index contributed by atoms with van der Waals surface area (Å²) >= 11 is 0. The molecule has 2 aromatic rings. The number of hydrogen-bond acceptors (Lipinski definition) is 4. The lowest BCUT2D eigenvalue weighted by molar-refractivity contribution is -0.132. The van der Waals surface area contributed by atoms with Gasteiger partial charge < -0.3 is 19.1 Å². The third-order valence-corrected chi connectivity index (χ3v) is 5.15. The van der Waals surface area contributed by atoms with Crippen LogP contribution in [0.2, 0.25) is 0 Å². The molecule has 0 aromatic heterocycles.